The number of benzene rings is 2. The second kappa shape index (κ2) is 11.9. The Hall–Kier alpha value is -3.30. The van der Waals surface area contributed by atoms with Crippen LogP contribution in [0.1, 0.15) is 16.1 Å². The summed E-state index contributed by atoms with van der Waals surface area (Å²) in [4.78, 5) is 25.2. The van der Waals surface area contributed by atoms with Gasteiger partial charge in [0.25, 0.3) is 0 Å². The molecule has 0 aliphatic carbocycles. The van der Waals surface area contributed by atoms with Gasteiger partial charge in [-0.1, -0.05) is 17.3 Å². The highest BCUT2D eigenvalue weighted by Crippen LogP contribution is 2.25. The minimum atomic E-state index is -0.504. The molecule has 0 unspecified atom stereocenters. The van der Waals surface area contributed by atoms with Crippen molar-refractivity contribution in [2.24, 2.45) is 0 Å². The van der Waals surface area contributed by atoms with Gasteiger partial charge in [0, 0.05) is 30.2 Å². The molecule has 0 atom stereocenters. The number of hydrogen-bond donors (Lipinski definition) is 1. The van der Waals surface area contributed by atoms with E-state index in [9.17, 15) is 9.59 Å². The molecule has 0 fully saturated rings. The molecule has 0 aliphatic rings. The first-order valence-electron chi connectivity index (χ1n) is 9.85. The SMILES string of the molecule is COCCNC(=O)CSc1ccccc1C(=O)OCc1cc(-c2ccc(OC)cc2)no1. The molecule has 0 saturated heterocycles. The van der Waals surface area contributed by atoms with Crippen molar-refractivity contribution >= 4 is 23.6 Å². The minimum absolute atomic E-state index is 0.0571. The molecule has 1 N–H and O–H groups in total. The number of aromatic nitrogens is 1. The van der Waals surface area contributed by atoms with Crippen LogP contribution < -0.4 is 10.1 Å². The van der Waals surface area contributed by atoms with Crippen molar-refractivity contribution in [3.05, 3.63) is 65.9 Å². The van der Waals surface area contributed by atoms with E-state index in [0.29, 0.717) is 35.1 Å². The minimum Gasteiger partial charge on any atom is -0.497 e. The lowest BCUT2D eigenvalue weighted by atomic mass is 10.1. The zero-order chi connectivity index (χ0) is 22.8. The van der Waals surface area contributed by atoms with E-state index in [-0.39, 0.29) is 18.3 Å². The molecule has 1 amide bonds. The fraction of sp³-hybridized carbons (Fsp3) is 0.261. The maximum absolute atomic E-state index is 12.6. The lowest BCUT2D eigenvalue weighted by Gasteiger charge is -2.09. The van der Waals surface area contributed by atoms with Crippen molar-refractivity contribution < 1.29 is 28.3 Å². The summed E-state index contributed by atoms with van der Waals surface area (Å²) in [5.41, 5.74) is 1.88. The third-order valence-electron chi connectivity index (χ3n) is 4.38. The van der Waals surface area contributed by atoms with E-state index in [1.807, 2.05) is 24.3 Å². The molecule has 2 aromatic carbocycles. The Balaban J connectivity index is 1.56. The topological polar surface area (TPSA) is 99.9 Å². The van der Waals surface area contributed by atoms with E-state index < -0.39 is 5.97 Å². The monoisotopic (exact) mass is 456 g/mol. The van der Waals surface area contributed by atoms with Gasteiger partial charge in [0.05, 0.1) is 25.0 Å². The normalized spacial score (nSPS) is 10.6. The number of carbonyl (C=O) groups is 2. The molecule has 8 nitrogen and oxygen atoms in total. The Morgan fingerprint density at radius 1 is 1.09 bits per heavy atom. The molecule has 0 radical (unpaired) electrons. The van der Waals surface area contributed by atoms with Crippen molar-refractivity contribution in [1.29, 1.82) is 0 Å². The number of hydrogen-bond acceptors (Lipinski definition) is 8. The molecule has 1 heterocycles. The molecule has 3 rings (SSSR count). The Labute approximate surface area is 190 Å². The van der Waals surface area contributed by atoms with Crippen LogP contribution in [0.15, 0.2) is 64.0 Å². The van der Waals surface area contributed by atoms with Crippen LogP contribution in [0.4, 0.5) is 0 Å². The zero-order valence-electron chi connectivity index (χ0n) is 17.8. The maximum Gasteiger partial charge on any atom is 0.339 e. The molecule has 3 aromatic rings. The number of nitrogens with one attached hydrogen (secondary N) is 1. The average molecular weight is 457 g/mol. The van der Waals surface area contributed by atoms with Crippen LogP contribution in [-0.2, 0) is 20.9 Å². The van der Waals surface area contributed by atoms with Gasteiger partial charge in [0.2, 0.25) is 5.91 Å². The predicted molar refractivity (Wildman–Crippen MR) is 120 cm³/mol. The molecule has 9 heteroatoms. The van der Waals surface area contributed by atoms with Gasteiger partial charge in [-0.2, -0.15) is 0 Å². The Morgan fingerprint density at radius 3 is 2.62 bits per heavy atom. The first-order chi connectivity index (χ1) is 15.6. The van der Waals surface area contributed by atoms with Gasteiger partial charge in [0.1, 0.15) is 11.4 Å². The number of rotatable bonds is 11. The van der Waals surface area contributed by atoms with Gasteiger partial charge in [-0.05, 0) is 36.4 Å². The molecule has 0 aliphatic heterocycles. The van der Waals surface area contributed by atoms with Crippen LogP contribution in [0.5, 0.6) is 5.75 Å². The quantitative estimate of drug-likeness (QED) is 0.266. The predicted octanol–water partition coefficient (Wildman–Crippen LogP) is 3.56. The van der Waals surface area contributed by atoms with Gasteiger partial charge in [-0.25, -0.2) is 4.79 Å². The lowest BCUT2D eigenvalue weighted by molar-refractivity contribution is -0.118. The second-order valence-corrected chi connectivity index (χ2v) is 7.63. The van der Waals surface area contributed by atoms with Crippen molar-refractivity contribution in [2.45, 2.75) is 11.5 Å². The number of carbonyl (C=O) groups excluding carboxylic acids is 2. The van der Waals surface area contributed by atoms with Crippen molar-refractivity contribution in [3.63, 3.8) is 0 Å². The molecule has 0 bridgehead atoms. The Bertz CT molecular complexity index is 1030. The van der Waals surface area contributed by atoms with Gasteiger partial charge < -0.3 is 24.1 Å². The third-order valence-corrected chi connectivity index (χ3v) is 5.46. The van der Waals surface area contributed by atoms with E-state index in [1.54, 1.807) is 44.6 Å². The van der Waals surface area contributed by atoms with Crippen LogP contribution in [-0.4, -0.2) is 50.2 Å². The van der Waals surface area contributed by atoms with Crippen LogP contribution in [0.25, 0.3) is 11.3 Å². The standard InChI is InChI=1S/C23H24N2O6S/c1-28-12-11-24-22(26)15-32-21-6-4-3-5-19(21)23(27)30-14-18-13-20(25-31-18)16-7-9-17(29-2)10-8-16/h3-10,13H,11-12,14-15H2,1-2H3,(H,24,26). The molecule has 32 heavy (non-hydrogen) atoms. The molecular weight excluding hydrogens is 432 g/mol. The number of methoxy groups -OCH3 is 2. The summed E-state index contributed by atoms with van der Waals surface area (Å²) in [7, 11) is 3.17. The number of nitrogens with zero attached hydrogens (tertiary/aromatic N) is 1. The van der Waals surface area contributed by atoms with Gasteiger partial charge in [-0.3, -0.25) is 4.79 Å². The number of amides is 1. The summed E-state index contributed by atoms with van der Waals surface area (Å²) >= 11 is 1.27. The molecule has 168 valence electrons. The Morgan fingerprint density at radius 2 is 1.88 bits per heavy atom. The summed E-state index contributed by atoms with van der Waals surface area (Å²) in [6.07, 6.45) is 0. The molecular formula is C23H24N2O6S. The average Bonchev–Trinajstić information content (AvgIpc) is 3.31. The van der Waals surface area contributed by atoms with Crippen LogP contribution >= 0.6 is 11.8 Å². The van der Waals surface area contributed by atoms with Crippen LogP contribution in [0, 0.1) is 0 Å². The van der Waals surface area contributed by atoms with E-state index >= 15 is 0 Å². The fourth-order valence-corrected chi connectivity index (χ4v) is 3.61. The van der Waals surface area contributed by atoms with Gasteiger partial charge in [-0.15, -0.1) is 11.8 Å². The third kappa shape index (κ3) is 6.60. The lowest BCUT2D eigenvalue weighted by Crippen LogP contribution is -2.28. The zero-order valence-corrected chi connectivity index (χ0v) is 18.6. The van der Waals surface area contributed by atoms with E-state index in [4.69, 9.17) is 18.7 Å². The highest BCUT2D eigenvalue weighted by atomic mass is 32.2. The second-order valence-electron chi connectivity index (χ2n) is 6.61. The van der Waals surface area contributed by atoms with E-state index in [0.717, 1.165) is 11.3 Å². The van der Waals surface area contributed by atoms with Gasteiger partial charge in [0.15, 0.2) is 12.4 Å². The molecule has 1 aromatic heterocycles. The smallest absolute Gasteiger partial charge is 0.339 e. The molecule has 0 spiro atoms. The number of thioether (sulfide) groups is 1. The number of esters is 1. The first-order valence-corrected chi connectivity index (χ1v) is 10.8. The summed E-state index contributed by atoms with van der Waals surface area (Å²) in [6, 6.07) is 16.1. The van der Waals surface area contributed by atoms with E-state index in [1.165, 1.54) is 11.8 Å². The van der Waals surface area contributed by atoms with Crippen LogP contribution in [0.3, 0.4) is 0 Å². The van der Waals surface area contributed by atoms with Crippen LogP contribution in [0.2, 0.25) is 0 Å². The Kier molecular flexibility index (Phi) is 8.70. The maximum atomic E-state index is 12.6. The summed E-state index contributed by atoms with van der Waals surface area (Å²) in [5.74, 6) is 0.710. The largest absolute Gasteiger partial charge is 0.497 e. The highest BCUT2D eigenvalue weighted by Gasteiger charge is 2.16. The summed E-state index contributed by atoms with van der Waals surface area (Å²) in [6.45, 7) is 0.828. The van der Waals surface area contributed by atoms with E-state index in [2.05, 4.69) is 10.5 Å². The van der Waals surface area contributed by atoms with Crippen molar-refractivity contribution in [2.75, 3.05) is 33.1 Å². The summed E-state index contributed by atoms with van der Waals surface area (Å²) < 4.78 is 20.7. The first kappa shape index (κ1) is 23.4. The van der Waals surface area contributed by atoms with Crippen molar-refractivity contribution in [3.8, 4) is 17.0 Å². The highest BCUT2D eigenvalue weighted by molar-refractivity contribution is 8.00. The van der Waals surface area contributed by atoms with Crippen molar-refractivity contribution in [1.82, 2.24) is 10.5 Å². The molecule has 0 saturated carbocycles. The number of ether oxygens (including phenoxy) is 3. The summed E-state index contributed by atoms with van der Waals surface area (Å²) in [5, 5.41) is 6.77. The fourth-order valence-electron chi connectivity index (χ4n) is 2.74. The van der Waals surface area contributed by atoms with Gasteiger partial charge >= 0.3 is 5.97 Å².